The summed E-state index contributed by atoms with van der Waals surface area (Å²) in [4.78, 5) is 0. The van der Waals surface area contributed by atoms with E-state index in [1.54, 1.807) is 0 Å². The molecule has 0 amide bonds. The van der Waals surface area contributed by atoms with Crippen molar-refractivity contribution >= 4 is 54.5 Å². The molecule has 0 radical (unpaired) electrons. The Bertz CT molecular complexity index is 2760. The van der Waals surface area contributed by atoms with E-state index in [-0.39, 0.29) is 0 Å². The van der Waals surface area contributed by atoms with Crippen LogP contribution in [0.2, 0.25) is 0 Å². The van der Waals surface area contributed by atoms with Gasteiger partial charge in [-0.3, -0.25) is 0 Å². The van der Waals surface area contributed by atoms with Crippen molar-refractivity contribution in [3.05, 3.63) is 170 Å². The molecule has 2 aromatic heterocycles. The van der Waals surface area contributed by atoms with Crippen LogP contribution < -0.4 is 0 Å². The molecular formula is C46H28O2. The van der Waals surface area contributed by atoms with E-state index in [4.69, 9.17) is 8.83 Å². The predicted molar refractivity (Wildman–Crippen MR) is 200 cm³/mol. The normalized spacial score (nSPS) is 11.8. The summed E-state index contributed by atoms with van der Waals surface area (Å²) in [6.07, 6.45) is 0. The third-order valence-corrected chi connectivity index (χ3v) is 9.69. The summed E-state index contributed by atoms with van der Waals surface area (Å²) in [7, 11) is 0. The first kappa shape index (κ1) is 26.8. The molecule has 0 fully saturated rings. The lowest BCUT2D eigenvalue weighted by atomic mass is 9.85. The lowest BCUT2D eigenvalue weighted by molar-refractivity contribution is 0.634. The first-order chi connectivity index (χ1) is 23.8. The molecule has 224 valence electrons. The number of fused-ring (bicyclic) bond motifs is 6. The third kappa shape index (κ3) is 4.00. The number of furan rings is 2. The van der Waals surface area contributed by atoms with Crippen molar-refractivity contribution in [2.24, 2.45) is 0 Å². The first-order valence-electron chi connectivity index (χ1n) is 16.4. The lowest BCUT2D eigenvalue weighted by Gasteiger charge is -2.17. The maximum atomic E-state index is 6.98. The molecular weight excluding hydrogens is 585 g/mol. The van der Waals surface area contributed by atoms with E-state index in [0.29, 0.717) is 0 Å². The van der Waals surface area contributed by atoms with Crippen LogP contribution in [-0.4, -0.2) is 0 Å². The van der Waals surface area contributed by atoms with Gasteiger partial charge in [-0.15, -0.1) is 0 Å². The van der Waals surface area contributed by atoms with Gasteiger partial charge in [-0.2, -0.15) is 0 Å². The number of hydrogen-bond donors (Lipinski definition) is 0. The van der Waals surface area contributed by atoms with Gasteiger partial charge in [0.15, 0.2) is 0 Å². The van der Waals surface area contributed by atoms with Crippen LogP contribution in [0.3, 0.4) is 0 Å². The summed E-state index contributed by atoms with van der Waals surface area (Å²) in [6, 6.07) is 60.0. The second-order valence-corrected chi connectivity index (χ2v) is 12.4. The van der Waals surface area contributed by atoms with Crippen LogP contribution in [-0.2, 0) is 0 Å². The quantitative estimate of drug-likeness (QED) is 0.185. The molecule has 0 atom stereocenters. The van der Waals surface area contributed by atoms with E-state index in [1.807, 2.05) is 12.1 Å². The molecule has 0 saturated heterocycles. The van der Waals surface area contributed by atoms with Crippen molar-refractivity contribution in [1.82, 2.24) is 0 Å². The van der Waals surface area contributed by atoms with E-state index in [2.05, 4.69) is 158 Å². The number of para-hydroxylation sites is 2. The zero-order valence-electron chi connectivity index (χ0n) is 26.0. The highest BCUT2D eigenvalue weighted by Gasteiger charge is 2.25. The van der Waals surface area contributed by atoms with Gasteiger partial charge in [0.25, 0.3) is 0 Å². The van der Waals surface area contributed by atoms with Crippen molar-refractivity contribution in [3.63, 3.8) is 0 Å². The Morgan fingerprint density at radius 2 is 0.833 bits per heavy atom. The van der Waals surface area contributed by atoms with Gasteiger partial charge in [-0.25, -0.2) is 0 Å². The summed E-state index contributed by atoms with van der Waals surface area (Å²) in [5, 5.41) is 7.94. The highest BCUT2D eigenvalue weighted by atomic mass is 16.3. The summed E-state index contributed by atoms with van der Waals surface area (Å²) < 4.78 is 13.6. The molecule has 0 N–H and O–H groups in total. The van der Waals surface area contributed by atoms with E-state index >= 15 is 0 Å². The van der Waals surface area contributed by atoms with Crippen molar-refractivity contribution in [1.29, 1.82) is 0 Å². The highest BCUT2D eigenvalue weighted by Crippen LogP contribution is 2.50. The average Bonchev–Trinajstić information content (AvgIpc) is 3.73. The third-order valence-electron chi connectivity index (χ3n) is 9.69. The van der Waals surface area contributed by atoms with Gasteiger partial charge in [0.1, 0.15) is 22.5 Å². The number of benzene rings is 8. The minimum Gasteiger partial charge on any atom is -0.455 e. The first-order valence-corrected chi connectivity index (χ1v) is 16.4. The molecule has 2 heteroatoms. The van der Waals surface area contributed by atoms with Crippen molar-refractivity contribution < 1.29 is 8.83 Å². The Balaban J connectivity index is 1.33. The van der Waals surface area contributed by atoms with E-state index < -0.39 is 0 Å². The molecule has 0 aliphatic carbocycles. The Labute approximate surface area is 277 Å². The standard InChI is InChI=1S/C46H28O2/c1-3-14-29(15-4-1)31-26-27-41-39(28-31)42(30-16-5-2-6-17-30)46(48-41)44-35-21-9-7-19-33(35)43(34-20-8-10-22-36(34)44)38-24-13-23-37-32-18-11-12-25-40(32)47-45(37)38/h1-28H. The molecule has 0 bridgehead atoms. The summed E-state index contributed by atoms with van der Waals surface area (Å²) in [5.41, 5.74) is 10.6. The minimum absolute atomic E-state index is 0.868. The zero-order chi connectivity index (χ0) is 31.6. The number of hydrogen-bond acceptors (Lipinski definition) is 2. The molecule has 0 aliphatic rings. The molecule has 0 unspecified atom stereocenters. The maximum absolute atomic E-state index is 6.98. The second kappa shape index (κ2) is 10.6. The van der Waals surface area contributed by atoms with Gasteiger partial charge >= 0.3 is 0 Å². The minimum atomic E-state index is 0.868. The fraction of sp³-hybridized carbons (Fsp3) is 0. The SMILES string of the molecule is c1ccc(-c2ccc3oc(-c4c5ccccc5c(-c5cccc6c5oc5ccccc56)c5ccccc45)c(-c4ccccc4)c3c2)cc1. The van der Waals surface area contributed by atoms with E-state index in [9.17, 15) is 0 Å². The molecule has 0 aliphatic heterocycles. The molecule has 0 saturated carbocycles. The molecule has 10 aromatic rings. The smallest absolute Gasteiger partial charge is 0.144 e. The second-order valence-electron chi connectivity index (χ2n) is 12.4. The summed E-state index contributed by atoms with van der Waals surface area (Å²) in [6.45, 7) is 0. The zero-order valence-corrected chi connectivity index (χ0v) is 26.0. The monoisotopic (exact) mass is 612 g/mol. The Morgan fingerprint density at radius 3 is 1.52 bits per heavy atom. The Morgan fingerprint density at radius 1 is 0.292 bits per heavy atom. The fourth-order valence-electron chi connectivity index (χ4n) is 7.58. The highest BCUT2D eigenvalue weighted by molar-refractivity contribution is 6.25. The Hall–Kier alpha value is -6.38. The van der Waals surface area contributed by atoms with E-state index in [0.717, 1.165) is 88.0 Å². The van der Waals surface area contributed by atoms with Crippen LogP contribution in [0.1, 0.15) is 0 Å². The molecule has 0 spiro atoms. The lowest BCUT2D eigenvalue weighted by Crippen LogP contribution is -1.91. The molecule has 8 aromatic carbocycles. The fourth-order valence-corrected chi connectivity index (χ4v) is 7.58. The molecule has 2 heterocycles. The van der Waals surface area contributed by atoms with Crippen molar-refractivity contribution in [3.8, 4) is 44.7 Å². The van der Waals surface area contributed by atoms with Gasteiger partial charge in [0.05, 0.1) is 0 Å². The van der Waals surface area contributed by atoms with Crippen LogP contribution in [0.5, 0.6) is 0 Å². The topological polar surface area (TPSA) is 26.3 Å². The van der Waals surface area contributed by atoms with Crippen LogP contribution in [0.4, 0.5) is 0 Å². The van der Waals surface area contributed by atoms with Crippen LogP contribution >= 0.6 is 0 Å². The number of rotatable bonds is 4. The summed E-state index contributed by atoms with van der Waals surface area (Å²) >= 11 is 0. The van der Waals surface area contributed by atoms with Gasteiger partial charge in [0.2, 0.25) is 0 Å². The van der Waals surface area contributed by atoms with Crippen LogP contribution in [0.25, 0.3) is 99.2 Å². The van der Waals surface area contributed by atoms with Gasteiger partial charge in [-0.05, 0) is 56.4 Å². The molecule has 10 rings (SSSR count). The largest absolute Gasteiger partial charge is 0.455 e. The van der Waals surface area contributed by atoms with Crippen molar-refractivity contribution in [2.45, 2.75) is 0 Å². The average molecular weight is 613 g/mol. The van der Waals surface area contributed by atoms with Gasteiger partial charge in [-0.1, -0.05) is 152 Å². The summed E-state index contributed by atoms with van der Waals surface area (Å²) in [5.74, 6) is 0.877. The maximum Gasteiger partial charge on any atom is 0.144 e. The van der Waals surface area contributed by atoms with Crippen LogP contribution in [0, 0.1) is 0 Å². The molecule has 2 nitrogen and oxygen atoms in total. The van der Waals surface area contributed by atoms with Crippen LogP contribution in [0.15, 0.2) is 179 Å². The van der Waals surface area contributed by atoms with Gasteiger partial charge in [0, 0.05) is 38.4 Å². The van der Waals surface area contributed by atoms with E-state index in [1.165, 1.54) is 11.1 Å². The van der Waals surface area contributed by atoms with Gasteiger partial charge < -0.3 is 8.83 Å². The Kier molecular flexibility index (Phi) is 5.91. The van der Waals surface area contributed by atoms with Crippen molar-refractivity contribution in [2.75, 3.05) is 0 Å². The predicted octanol–water partition coefficient (Wildman–Crippen LogP) is 13.3. The molecule has 48 heavy (non-hydrogen) atoms.